The fourth-order valence-corrected chi connectivity index (χ4v) is 2.52. The molecule has 1 heterocycles. The standard InChI is InChI=1S/C13H19N3/c1-2-9-4-3-5-10-8-14-13(16-12(9)10)15-11-6-7-11/h8-9,11H,2-7H2,1H3,(H,14,15,16). The van der Waals surface area contributed by atoms with Crippen molar-refractivity contribution in [3.05, 3.63) is 17.5 Å². The van der Waals surface area contributed by atoms with Crippen LogP contribution in [0.1, 0.15) is 56.2 Å². The third kappa shape index (κ3) is 1.91. The zero-order valence-corrected chi connectivity index (χ0v) is 9.87. The van der Waals surface area contributed by atoms with Crippen molar-refractivity contribution < 1.29 is 0 Å². The van der Waals surface area contributed by atoms with E-state index in [1.807, 2.05) is 6.20 Å². The summed E-state index contributed by atoms with van der Waals surface area (Å²) in [5, 5.41) is 3.39. The first-order chi connectivity index (χ1) is 7.86. The molecule has 0 radical (unpaired) electrons. The predicted octanol–water partition coefficient (Wildman–Crippen LogP) is 2.88. The summed E-state index contributed by atoms with van der Waals surface area (Å²) in [6.45, 7) is 2.26. The quantitative estimate of drug-likeness (QED) is 0.846. The molecule has 0 aromatic carbocycles. The highest BCUT2D eigenvalue weighted by Crippen LogP contribution is 2.33. The van der Waals surface area contributed by atoms with Gasteiger partial charge < -0.3 is 5.32 Å². The lowest BCUT2D eigenvalue weighted by atomic mass is 9.86. The van der Waals surface area contributed by atoms with E-state index in [2.05, 4.69) is 17.2 Å². The van der Waals surface area contributed by atoms with E-state index < -0.39 is 0 Å². The van der Waals surface area contributed by atoms with E-state index in [0.717, 1.165) is 12.4 Å². The summed E-state index contributed by atoms with van der Waals surface area (Å²) in [7, 11) is 0. The first kappa shape index (κ1) is 10.1. The number of nitrogens with one attached hydrogen (secondary N) is 1. The number of hydrogen-bond donors (Lipinski definition) is 1. The second-order valence-electron chi connectivity index (χ2n) is 5.02. The van der Waals surface area contributed by atoms with Gasteiger partial charge in [0.2, 0.25) is 5.95 Å². The van der Waals surface area contributed by atoms with Crippen LogP contribution in [-0.2, 0) is 6.42 Å². The largest absolute Gasteiger partial charge is 0.351 e. The molecule has 1 fully saturated rings. The van der Waals surface area contributed by atoms with Gasteiger partial charge >= 0.3 is 0 Å². The van der Waals surface area contributed by atoms with Crippen molar-refractivity contribution in [3.63, 3.8) is 0 Å². The van der Waals surface area contributed by atoms with Gasteiger partial charge in [-0.2, -0.15) is 0 Å². The molecule has 16 heavy (non-hydrogen) atoms. The van der Waals surface area contributed by atoms with Gasteiger partial charge in [-0.25, -0.2) is 9.97 Å². The van der Waals surface area contributed by atoms with E-state index >= 15 is 0 Å². The van der Waals surface area contributed by atoms with Crippen LogP contribution < -0.4 is 5.32 Å². The molecule has 1 N–H and O–H groups in total. The highest BCUT2D eigenvalue weighted by molar-refractivity contribution is 5.34. The topological polar surface area (TPSA) is 37.8 Å². The van der Waals surface area contributed by atoms with E-state index in [9.17, 15) is 0 Å². The molecule has 0 spiro atoms. The van der Waals surface area contributed by atoms with E-state index in [-0.39, 0.29) is 0 Å². The molecule has 1 unspecified atom stereocenters. The van der Waals surface area contributed by atoms with E-state index in [0.29, 0.717) is 12.0 Å². The Hall–Kier alpha value is -1.12. The highest BCUT2D eigenvalue weighted by Gasteiger charge is 2.24. The average molecular weight is 217 g/mol. The van der Waals surface area contributed by atoms with Gasteiger partial charge in [-0.3, -0.25) is 0 Å². The minimum Gasteiger partial charge on any atom is -0.351 e. The fourth-order valence-electron chi connectivity index (χ4n) is 2.52. The predicted molar refractivity (Wildman–Crippen MR) is 64.6 cm³/mol. The summed E-state index contributed by atoms with van der Waals surface area (Å²) in [5.41, 5.74) is 2.69. The Balaban J connectivity index is 1.87. The second-order valence-corrected chi connectivity index (χ2v) is 5.02. The molecule has 0 aliphatic heterocycles. The Morgan fingerprint density at radius 1 is 1.38 bits per heavy atom. The smallest absolute Gasteiger partial charge is 0.223 e. The van der Waals surface area contributed by atoms with Crippen molar-refractivity contribution >= 4 is 5.95 Å². The van der Waals surface area contributed by atoms with Crippen LogP contribution in [-0.4, -0.2) is 16.0 Å². The third-order valence-electron chi connectivity index (χ3n) is 3.69. The first-order valence-corrected chi connectivity index (χ1v) is 6.49. The normalized spacial score (nSPS) is 23.9. The van der Waals surface area contributed by atoms with Crippen molar-refractivity contribution in [2.24, 2.45) is 0 Å². The molecule has 3 heteroatoms. The van der Waals surface area contributed by atoms with Crippen LogP contribution in [0.25, 0.3) is 0 Å². The lowest BCUT2D eigenvalue weighted by Crippen LogP contribution is -2.15. The Morgan fingerprint density at radius 2 is 2.25 bits per heavy atom. The van der Waals surface area contributed by atoms with Gasteiger partial charge in [0.25, 0.3) is 0 Å². The first-order valence-electron chi connectivity index (χ1n) is 6.49. The SMILES string of the molecule is CCC1CCCc2cnc(NC3CC3)nc21. The second kappa shape index (κ2) is 4.04. The number of fused-ring (bicyclic) bond motifs is 1. The van der Waals surface area contributed by atoms with Gasteiger partial charge in [0.05, 0.1) is 5.69 Å². The van der Waals surface area contributed by atoms with Crippen molar-refractivity contribution in [2.75, 3.05) is 5.32 Å². The lowest BCUT2D eigenvalue weighted by Gasteiger charge is -2.23. The van der Waals surface area contributed by atoms with Crippen LogP contribution in [0.2, 0.25) is 0 Å². The summed E-state index contributed by atoms with van der Waals surface area (Å²) in [5.74, 6) is 1.51. The average Bonchev–Trinajstić information content (AvgIpc) is 3.12. The van der Waals surface area contributed by atoms with E-state index in [1.54, 1.807) is 0 Å². The van der Waals surface area contributed by atoms with Gasteiger partial charge in [-0.1, -0.05) is 6.92 Å². The van der Waals surface area contributed by atoms with Gasteiger partial charge in [-0.05, 0) is 44.1 Å². The van der Waals surface area contributed by atoms with Crippen LogP contribution in [0.5, 0.6) is 0 Å². The molecule has 0 saturated heterocycles. The Morgan fingerprint density at radius 3 is 3.00 bits per heavy atom. The van der Waals surface area contributed by atoms with Crippen LogP contribution in [0.15, 0.2) is 6.20 Å². The highest BCUT2D eigenvalue weighted by atomic mass is 15.1. The van der Waals surface area contributed by atoms with Gasteiger partial charge in [0.15, 0.2) is 0 Å². The molecule has 2 aliphatic carbocycles. The maximum Gasteiger partial charge on any atom is 0.223 e. The molecule has 86 valence electrons. The molecule has 0 amide bonds. The molecule has 0 bridgehead atoms. The maximum atomic E-state index is 4.72. The number of aromatic nitrogens is 2. The summed E-state index contributed by atoms with van der Waals surface area (Å²) in [4.78, 5) is 9.14. The molecule has 3 rings (SSSR count). The zero-order valence-electron chi connectivity index (χ0n) is 9.87. The maximum absolute atomic E-state index is 4.72. The number of hydrogen-bond acceptors (Lipinski definition) is 3. The molecular formula is C13H19N3. The third-order valence-corrected chi connectivity index (χ3v) is 3.69. The van der Waals surface area contributed by atoms with E-state index in [1.165, 1.54) is 43.4 Å². The minimum absolute atomic E-state index is 0.640. The van der Waals surface area contributed by atoms with Crippen molar-refractivity contribution in [1.29, 1.82) is 0 Å². The Labute approximate surface area is 96.7 Å². The van der Waals surface area contributed by atoms with Gasteiger partial charge in [-0.15, -0.1) is 0 Å². The minimum atomic E-state index is 0.640. The van der Waals surface area contributed by atoms with Crippen LogP contribution >= 0.6 is 0 Å². The van der Waals surface area contributed by atoms with Crippen molar-refractivity contribution in [2.45, 2.75) is 57.4 Å². The summed E-state index contributed by atoms with van der Waals surface area (Å²) in [6, 6.07) is 0.640. The van der Waals surface area contributed by atoms with E-state index in [4.69, 9.17) is 4.98 Å². The van der Waals surface area contributed by atoms with Crippen molar-refractivity contribution in [1.82, 2.24) is 9.97 Å². The molecule has 2 aliphatic rings. The molecular weight excluding hydrogens is 198 g/mol. The monoisotopic (exact) mass is 217 g/mol. The molecule has 1 aromatic heterocycles. The molecule has 1 aromatic rings. The zero-order chi connectivity index (χ0) is 11.0. The number of aryl methyl sites for hydroxylation is 1. The fraction of sp³-hybridized carbons (Fsp3) is 0.692. The van der Waals surface area contributed by atoms with Crippen LogP contribution in [0.3, 0.4) is 0 Å². The number of rotatable bonds is 3. The van der Waals surface area contributed by atoms with Crippen LogP contribution in [0.4, 0.5) is 5.95 Å². The van der Waals surface area contributed by atoms with Crippen molar-refractivity contribution in [3.8, 4) is 0 Å². The number of nitrogens with zero attached hydrogens (tertiary/aromatic N) is 2. The Bertz CT molecular complexity index is 385. The number of anilines is 1. The Kier molecular flexibility index (Phi) is 2.54. The van der Waals surface area contributed by atoms with Crippen LogP contribution in [0, 0.1) is 0 Å². The summed E-state index contributed by atoms with van der Waals surface area (Å²) >= 11 is 0. The molecule has 1 atom stereocenters. The molecule has 3 nitrogen and oxygen atoms in total. The summed E-state index contributed by atoms with van der Waals surface area (Å²) < 4.78 is 0. The summed E-state index contributed by atoms with van der Waals surface area (Å²) in [6.07, 6.45) is 9.54. The van der Waals surface area contributed by atoms with Gasteiger partial charge in [0.1, 0.15) is 0 Å². The molecule has 1 saturated carbocycles. The lowest BCUT2D eigenvalue weighted by molar-refractivity contribution is 0.523. The van der Waals surface area contributed by atoms with Gasteiger partial charge in [0, 0.05) is 18.2 Å².